The fourth-order valence-electron chi connectivity index (χ4n) is 3.26. The summed E-state index contributed by atoms with van der Waals surface area (Å²) in [5.74, 6) is 0.493. The maximum Gasteiger partial charge on any atom is 0.274 e. The van der Waals surface area contributed by atoms with Crippen molar-refractivity contribution in [2.75, 3.05) is 12.4 Å². The third kappa shape index (κ3) is 3.35. The zero-order valence-corrected chi connectivity index (χ0v) is 16.0. The molecule has 0 spiro atoms. The van der Waals surface area contributed by atoms with Crippen LogP contribution in [0.3, 0.4) is 0 Å². The lowest BCUT2D eigenvalue weighted by Gasteiger charge is -2.17. The average Bonchev–Trinajstić information content (AvgIpc) is 3.39. The molecule has 1 amide bonds. The molecule has 146 valence electrons. The van der Waals surface area contributed by atoms with Gasteiger partial charge < -0.3 is 10.1 Å². The highest BCUT2D eigenvalue weighted by atomic mass is 16.5. The molecule has 9 heteroatoms. The maximum absolute atomic E-state index is 13.0. The molecule has 9 nitrogen and oxygen atoms in total. The van der Waals surface area contributed by atoms with Crippen LogP contribution in [-0.4, -0.2) is 37.4 Å². The van der Waals surface area contributed by atoms with E-state index < -0.39 is 0 Å². The van der Waals surface area contributed by atoms with Crippen molar-refractivity contribution in [3.05, 3.63) is 46.3 Å². The quantitative estimate of drug-likeness (QED) is 0.699. The lowest BCUT2D eigenvalue weighted by Crippen LogP contribution is -2.33. The number of hydrogen-bond donors (Lipinski definition) is 1. The molecule has 0 aromatic carbocycles. The minimum absolute atomic E-state index is 0.0681. The smallest absolute Gasteiger partial charge is 0.274 e. The van der Waals surface area contributed by atoms with Crippen molar-refractivity contribution in [2.24, 2.45) is 0 Å². The van der Waals surface area contributed by atoms with Crippen LogP contribution in [0.25, 0.3) is 5.65 Å². The van der Waals surface area contributed by atoms with Gasteiger partial charge in [-0.05, 0) is 30.9 Å². The molecule has 1 aliphatic rings. The number of anilines is 1. The highest BCUT2D eigenvalue weighted by Crippen LogP contribution is 2.44. The second kappa shape index (κ2) is 7.06. The lowest BCUT2D eigenvalue weighted by molar-refractivity contribution is -0.117. The van der Waals surface area contributed by atoms with E-state index in [0.29, 0.717) is 28.3 Å². The van der Waals surface area contributed by atoms with Gasteiger partial charge >= 0.3 is 0 Å². The van der Waals surface area contributed by atoms with E-state index in [1.165, 1.54) is 4.68 Å². The van der Waals surface area contributed by atoms with Crippen molar-refractivity contribution in [2.45, 2.75) is 45.1 Å². The Morgan fingerprint density at radius 3 is 2.82 bits per heavy atom. The van der Waals surface area contributed by atoms with Crippen molar-refractivity contribution >= 4 is 17.2 Å². The second-order valence-electron chi connectivity index (χ2n) is 7.29. The third-order valence-corrected chi connectivity index (χ3v) is 4.78. The molecule has 1 fully saturated rings. The Morgan fingerprint density at radius 1 is 1.36 bits per heavy atom. The zero-order chi connectivity index (χ0) is 19.8. The zero-order valence-electron chi connectivity index (χ0n) is 16.0. The normalized spacial score (nSPS) is 13.9. The van der Waals surface area contributed by atoms with Crippen molar-refractivity contribution in [1.82, 2.24) is 24.4 Å². The van der Waals surface area contributed by atoms with Crippen molar-refractivity contribution in [3.63, 3.8) is 0 Å². The molecule has 1 aliphatic carbocycles. The van der Waals surface area contributed by atoms with Crippen LogP contribution in [0, 0.1) is 0 Å². The van der Waals surface area contributed by atoms with Gasteiger partial charge in [-0.2, -0.15) is 5.10 Å². The predicted octanol–water partition coefficient (Wildman–Crippen LogP) is 1.93. The summed E-state index contributed by atoms with van der Waals surface area (Å²) in [5, 5.41) is 15.0. The van der Waals surface area contributed by atoms with E-state index in [0.717, 1.165) is 12.8 Å². The third-order valence-electron chi connectivity index (χ3n) is 4.78. The second-order valence-corrected chi connectivity index (χ2v) is 7.29. The molecule has 3 aromatic heterocycles. The number of carbonyl (C=O) groups excluding carboxylic acids is 1. The van der Waals surface area contributed by atoms with E-state index in [1.54, 1.807) is 36.2 Å². The number of rotatable bonds is 6. The average molecular weight is 382 g/mol. The molecule has 3 heterocycles. The molecule has 0 unspecified atom stereocenters. The Kier molecular flexibility index (Phi) is 4.58. The number of nitrogens with one attached hydrogen (secondary N) is 1. The predicted molar refractivity (Wildman–Crippen MR) is 103 cm³/mol. The van der Waals surface area contributed by atoms with Crippen LogP contribution in [0.15, 0.2) is 29.5 Å². The van der Waals surface area contributed by atoms with Gasteiger partial charge in [-0.1, -0.05) is 13.8 Å². The van der Waals surface area contributed by atoms with E-state index in [-0.39, 0.29) is 29.8 Å². The highest BCUT2D eigenvalue weighted by Gasteiger charge is 2.33. The molecular formula is C19H22N6O3. The van der Waals surface area contributed by atoms with Crippen LogP contribution in [0.5, 0.6) is 5.75 Å². The highest BCUT2D eigenvalue weighted by molar-refractivity contribution is 5.90. The van der Waals surface area contributed by atoms with Gasteiger partial charge in [0.15, 0.2) is 11.4 Å². The summed E-state index contributed by atoms with van der Waals surface area (Å²) in [5.41, 5.74) is 2.35. The maximum atomic E-state index is 13.0. The van der Waals surface area contributed by atoms with Crippen molar-refractivity contribution in [3.8, 4) is 5.75 Å². The minimum Gasteiger partial charge on any atom is -0.494 e. The first kappa shape index (κ1) is 18.1. The number of nitrogens with zero attached hydrogens (tertiary/aromatic N) is 5. The van der Waals surface area contributed by atoms with E-state index in [1.807, 2.05) is 13.8 Å². The molecule has 3 aromatic rings. The van der Waals surface area contributed by atoms with Crippen LogP contribution < -0.4 is 15.6 Å². The molecule has 0 bridgehead atoms. The number of hydrogen-bond acceptors (Lipinski definition) is 6. The summed E-state index contributed by atoms with van der Waals surface area (Å²) in [7, 11) is 1.56. The number of amides is 1. The van der Waals surface area contributed by atoms with Gasteiger partial charge in [-0.25, -0.2) is 4.68 Å². The summed E-state index contributed by atoms with van der Waals surface area (Å²) in [6.45, 7) is 3.82. The van der Waals surface area contributed by atoms with E-state index in [4.69, 9.17) is 4.74 Å². The molecule has 0 saturated heterocycles. The van der Waals surface area contributed by atoms with Crippen LogP contribution in [0.4, 0.5) is 5.69 Å². The molecule has 4 rings (SSSR count). The molecule has 0 atom stereocenters. The lowest BCUT2D eigenvalue weighted by atomic mass is 10.0. The summed E-state index contributed by atoms with van der Waals surface area (Å²) in [6, 6.07) is 3.49. The molecule has 28 heavy (non-hydrogen) atoms. The number of aromatic nitrogens is 5. The van der Waals surface area contributed by atoms with Crippen LogP contribution in [0.1, 0.15) is 49.8 Å². The first-order valence-corrected chi connectivity index (χ1v) is 9.26. The van der Waals surface area contributed by atoms with Gasteiger partial charge in [0.1, 0.15) is 18.6 Å². The number of pyridine rings is 1. The Bertz CT molecular complexity index is 1100. The van der Waals surface area contributed by atoms with Gasteiger partial charge in [-0.15, -0.1) is 10.2 Å². The number of methoxy groups -OCH3 is 1. The summed E-state index contributed by atoms with van der Waals surface area (Å²) < 4.78 is 8.47. The number of ether oxygens (including phenoxy) is 1. The minimum atomic E-state index is -0.330. The Morgan fingerprint density at radius 2 is 2.14 bits per heavy atom. The van der Waals surface area contributed by atoms with Gasteiger partial charge in [-0.3, -0.25) is 14.0 Å². The first-order valence-electron chi connectivity index (χ1n) is 9.26. The van der Waals surface area contributed by atoms with Crippen molar-refractivity contribution < 1.29 is 9.53 Å². The Labute approximate surface area is 161 Å². The molecular weight excluding hydrogens is 360 g/mol. The summed E-state index contributed by atoms with van der Waals surface area (Å²) >= 11 is 0. The van der Waals surface area contributed by atoms with Crippen LogP contribution >= 0.6 is 0 Å². The fraction of sp³-hybridized carbons (Fsp3) is 0.421. The monoisotopic (exact) mass is 382 g/mol. The van der Waals surface area contributed by atoms with Gasteiger partial charge in [0.05, 0.1) is 18.4 Å². The standard InChI is InChI=1S/C19H22N6O3/c1-11(2)17-18(28-3)16(12-4-5-12)19(27)25(23-17)9-15(26)21-13-6-7-14-22-20-10-24(14)8-13/h6-8,10-12H,4-5,9H2,1-3H3,(H,21,26). The Hall–Kier alpha value is -3.23. The van der Waals surface area contributed by atoms with Crippen LogP contribution in [-0.2, 0) is 11.3 Å². The molecule has 1 saturated carbocycles. The molecule has 1 N–H and O–H groups in total. The molecule has 0 aliphatic heterocycles. The first-order chi connectivity index (χ1) is 13.5. The van der Waals surface area contributed by atoms with Gasteiger partial charge in [0.2, 0.25) is 5.91 Å². The van der Waals surface area contributed by atoms with E-state index in [2.05, 4.69) is 20.6 Å². The topological polar surface area (TPSA) is 103 Å². The van der Waals surface area contributed by atoms with Crippen LogP contribution in [0.2, 0.25) is 0 Å². The van der Waals surface area contributed by atoms with E-state index >= 15 is 0 Å². The Balaban J connectivity index is 1.63. The SMILES string of the molecule is COc1c(C(C)C)nn(CC(=O)Nc2ccc3nncn3c2)c(=O)c1C1CC1. The van der Waals surface area contributed by atoms with Gasteiger partial charge in [0, 0.05) is 12.1 Å². The van der Waals surface area contributed by atoms with E-state index in [9.17, 15) is 9.59 Å². The largest absolute Gasteiger partial charge is 0.494 e. The molecule has 0 radical (unpaired) electrons. The number of carbonyl (C=O) groups is 1. The van der Waals surface area contributed by atoms with Gasteiger partial charge in [0.25, 0.3) is 5.56 Å². The number of fused-ring (bicyclic) bond motifs is 1. The summed E-state index contributed by atoms with van der Waals surface area (Å²) in [6.07, 6.45) is 5.18. The summed E-state index contributed by atoms with van der Waals surface area (Å²) in [4.78, 5) is 25.5. The van der Waals surface area contributed by atoms with Crippen molar-refractivity contribution in [1.29, 1.82) is 0 Å². The fourth-order valence-corrected chi connectivity index (χ4v) is 3.26.